The summed E-state index contributed by atoms with van der Waals surface area (Å²) in [7, 11) is 0. The molecule has 2 heterocycles. The normalized spacial score (nSPS) is 27.0. The molecule has 0 aliphatic carbocycles. The minimum Gasteiger partial charge on any atom is -0.306 e. The Kier molecular flexibility index (Phi) is 4.72. The minimum atomic E-state index is -0.728. The maximum atomic E-state index is 2.80. The van der Waals surface area contributed by atoms with Crippen LogP contribution in [0.3, 0.4) is 0 Å². The SMILES string of the molecule is I[SiH](N1CCCCC1)N1CCCCC1. The molecule has 0 atom stereocenters. The minimum absolute atomic E-state index is 0.728. The first-order valence-electron chi connectivity index (χ1n) is 6.00. The van der Waals surface area contributed by atoms with Crippen molar-refractivity contribution in [1.29, 1.82) is 0 Å². The number of piperidine rings is 2. The summed E-state index contributed by atoms with van der Waals surface area (Å²) in [4.78, 5) is 0. The van der Waals surface area contributed by atoms with Crippen LogP contribution in [0.1, 0.15) is 38.5 Å². The lowest BCUT2D eigenvalue weighted by Crippen LogP contribution is -2.52. The molecule has 14 heavy (non-hydrogen) atoms. The van der Waals surface area contributed by atoms with E-state index in [1.807, 2.05) is 0 Å². The highest BCUT2D eigenvalue weighted by Gasteiger charge is 2.26. The van der Waals surface area contributed by atoms with Crippen molar-refractivity contribution in [3.63, 3.8) is 0 Å². The third-order valence-electron chi connectivity index (χ3n) is 3.38. The zero-order valence-corrected chi connectivity index (χ0v) is 12.2. The zero-order valence-electron chi connectivity index (χ0n) is 8.92. The van der Waals surface area contributed by atoms with Crippen LogP contribution >= 0.6 is 21.8 Å². The first kappa shape index (κ1) is 11.4. The lowest BCUT2D eigenvalue weighted by molar-refractivity contribution is 0.292. The van der Waals surface area contributed by atoms with Gasteiger partial charge in [0.25, 0.3) is 6.62 Å². The van der Waals surface area contributed by atoms with Crippen LogP contribution in [0.15, 0.2) is 0 Å². The van der Waals surface area contributed by atoms with Crippen LogP contribution in [-0.2, 0) is 0 Å². The predicted octanol–water partition coefficient (Wildman–Crippen LogP) is 2.11. The van der Waals surface area contributed by atoms with E-state index in [1.54, 1.807) is 0 Å². The Morgan fingerprint density at radius 2 is 1.00 bits per heavy atom. The van der Waals surface area contributed by atoms with Gasteiger partial charge >= 0.3 is 0 Å². The highest BCUT2D eigenvalue weighted by molar-refractivity contribution is 14.1. The summed E-state index contributed by atoms with van der Waals surface area (Å²) in [5.41, 5.74) is 0. The number of rotatable bonds is 2. The number of nitrogens with zero attached hydrogens (tertiary/aromatic N) is 2. The summed E-state index contributed by atoms with van der Waals surface area (Å²) in [6.07, 6.45) is 8.71. The van der Waals surface area contributed by atoms with Gasteiger partial charge in [0.15, 0.2) is 0 Å². The van der Waals surface area contributed by atoms with Gasteiger partial charge in [-0.25, -0.2) is 0 Å². The second-order valence-electron chi connectivity index (χ2n) is 4.50. The van der Waals surface area contributed by atoms with Crippen LogP contribution in [0.2, 0.25) is 0 Å². The Morgan fingerprint density at radius 1 is 0.643 bits per heavy atom. The molecule has 0 unspecified atom stereocenters. The summed E-state index contributed by atoms with van der Waals surface area (Å²) in [5.74, 6) is 0. The Hall–Kier alpha value is 0.867. The average molecular weight is 324 g/mol. The summed E-state index contributed by atoms with van der Waals surface area (Å²) >= 11 is 2.77. The summed E-state index contributed by atoms with van der Waals surface area (Å²) in [6, 6.07) is 0. The average Bonchev–Trinajstić information content (AvgIpc) is 2.30. The molecule has 0 amide bonds. The molecular formula is C10H21IN2Si. The first-order valence-corrected chi connectivity index (χ1v) is 11.2. The van der Waals surface area contributed by atoms with E-state index in [0.717, 1.165) is 0 Å². The van der Waals surface area contributed by atoms with E-state index in [0.29, 0.717) is 0 Å². The van der Waals surface area contributed by atoms with Gasteiger partial charge in [0.05, 0.1) is 0 Å². The van der Waals surface area contributed by atoms with E-state index < -0.39 is 6.62 Å². The molecular weight excluding hydrogens is 303 g/mol. The van der Waals surface area contributed by atoms with Crippen molar-refractivity contribution < 1.29 is 0 Å². The van der Waals surface area contributed by atoms with Gasteiger partial charge in [0.1, 0.15) is 0 Å². The predicted molar refractivity (Wildman–Crippen MR) is 72.0 cm³/mol. The number of hydrogen-bond acceptors (Lipinski definition) is 2. The molecule has 2 rings (SSSR count). The molecule has 0 aromatic rings. The van der Waals surface area contributed by atoms with E-state index in [9.17, 15) is 0 Å². The number of hydrogen-bond donors (Lipinski definition) is 0. The van der Waals surface area contributed by atoms with E-state index >= 15 is 0 Å². The van der Waals surface area contributed by atoms with Gasteiger partial charge in [0.2, 0.25) is 0 Å². The Morgan fingerprint density at radius 3 is 1.36 bits per heavy atom. The maximum Gasteiger partial charge on any atom is 0.259 e. The highest BCUT2D eigenvalue weighted by Crippen LogP contribution is 2.19. The Bertz CT molecular complexity index is 150. The molecule has 2 nitrogen and oxygen atoms in total. The van der Waals surface area contributed by atoms with Crippen molar-refractivity contribution in [2.24, 2.45) is 0 Å². The molecule has 0 radical (unpaired) electrons. The van der Waals surface area contributed by atoms with E-state index in [2.05, 4.69) is 30.9 Å². The molecule has 0 spiro atoms. The first-order chi connectivity index (χ1) is 6.88. The molecule has 2 aliphatic rings. The van der Waals surface area contributed by atoms with Crippen LogP contribution < -0.4 is 0 Å². The van der Waals surface area contributed by atoms with Gasteiger partial charge in [-0.1, -0.05) is 34.6 Å². The fourth-order valence-electron chi connectivity index (χ4n) is 2.49. The molecule has 0 aromatic heterocycles. The molecule has 4 heteroatoms. The second kappa shape index (κ2) is 5.82. The van der Waals surface area contributed by atoms with Crippen LogP contribution in [-0.4, -0.2) is 41.9 Å². The Balaban J connectivity index is 1.82. The highest BCUT2D eigenvalue weighted by atomic mass is 127. The Labute approximate surface area is 102 Å². The van der Waals surface area contributed by atoms with Crippen molar-refractivity contribution in [2.45, 2.75) is 38.5 Å². The van der Waals surface area contributed by atoms with E-state index in [1.165, 1.54) is 64.7 Å². The molecule has 0 bridgehead atoms. The van der Waals surface area contributed by atoms with Crippen molar-refractivity contribution in [3.05, 3.63) is 0 Å². The van der Waals surface area contributed by atoms with Crippen LogP contribution in [0.25, 0.3) is 0 Å². The standard InChI is InChI=1S/C10H21IN2Si/c11-14(12-7-3-1-4-8-12)13-9-5-2-6-10-13/h14H,1-10H2. The van der Waals surface area contributed by atoms with Gasteiger partial charge < -0.3 is 9.13 Å². The van der Waals surface area contributed by atoms with Gasteiger partial charge in [-0.3, -0.25) is 0 Å². The van der Waals surface area contributed by atoms with Gasteiger partial charge in [-0.15, -0.1) is 0 Å². The van der Waals surface area contributed by atoms with Crippen LogP contribution in [0.4, 0.5) is 0 Å². The van der Waals surface area contributed by atoms with Crippen LogP contribution in [0.5, 0.6) is 0 Å². The van der Waals surface area contributed by atoms with Crippen molar-refractivity contribution in [1.82, 2.24) is 9.13 Å². The molecule has 0 saturated carbocycles. The zero-order chi connectivity index (χ0) is 9.80. The molecule has 82 valence electrons. The molecule has 0 aromatic carbocycles. The van der Waals surface area contributed by atoms with Crippen molar-refractivity contribution in [2.75, 3.05) is 26.2 Å². The molecule has 2 fully saturated rings. The quantitative estimate of drug-likeness (QED) is 0.436. The lowest BCUT2D eigenvalue weighted by atomic mass is 10.2. The van der Waals surface area contributed by atoms with E-state index in [-0.39, 0.29) is 0 Å². The third-order valence-corrected chi connectivity index (χ3v) is 10.3. The smallest absolute Gasteiger partial charge is 0.259 e. The lowest BCUT2D eigenvalue weighted by Gasteiger charge is -2.38. The number of halogens is 1. The monoisotopic (exact) mass is 324 g/mol. The largest absolute Gasteiger partial charge is 0.306 e. The topological polar surface area (TPSA) is 6.48 Å². The summed E-state index contributed by atoms with van der Waals surface area (Å²) < 4.78 is 5.60. The summed E-state index contributed by atoms with van der Waals surface area (Å²) in [6.45, 7) is 4.81. The van der Waals surface area contributed by atoms with Gasteiger partial charge in [0, 0.05) is 0 Å². The van der Waals surface area contributed by atoms with E-state index in [4.69, 9.17) is 0 Å². The molecule has 2 saturated heterocycles. The van der Waals surface area contributed by atoms with Crippen molar-refractivity contribution >= 4 is 28.4 Å². The third kappa shape index (κ3) is 2.93. The van der Waals surface area contributed by atoms with Gasteiger partial charge in [-0.05, 0) is 51.9 Å². The fourth-order valence-corrected chi connectivity index (χ4v) is 7.88. The molecule has 0 N–H and O–H groups in total. The second-order valence-corrected chi connectivity index (χ2v) is 9.93. The summed E-state index contributed by atoms with van der Waals surface area (Å²) in [5, 5.41) is 0. The fraction of sp³-hybridized carbons (Fsp3) is 1.00. The molecule has 2 aliphatic heterocycles. The van der Waals surface area contributed by atoms with Gasteiger partial charge in [-0.2, -0.15) is 0 Å². The maximum absolute atomic E-state index is 2.80. The van der Waals surface area contributed by atoms with Crippen LogP contribution in [0, 0.1) is 0 Å². The van der Waals surface area contributed by atoms with Crippen molar-refractivity contribution in [3.8, 4) is 0 Å².